The van der Waals surface area contributed by atoms with E-state index in [0.717, 1.165) is 24.6 Å². The van der Waals surface area contributed by atoms with Gasteiger partial charge in [-0.25, -0.2) is 0 Å². The van der Waals surface area contributed by atoms with Crippen LogP contribution in [0, 0.1) is 19.8 Å². The maximum Gasteiger partial charge on any atom is 0.121 e. The first-order valence-electron chi connectivity index (χ1n) is 7.56. The first kappa shape index (κ1) is 15.5. The van der Waals surface area contributed by atoms with E-state index in [1.54, 1.807) is 0 Å². The van der Waals surface area contributed by atoms with E-state index in [0.29, 0.717) is 5.92 Å². The molecule has 0 bridgehead atoms. The highest BCUT2D eigenvalue weighted by molar-refractivity contribution is 5.49. The second-order valence-corrected chi connectivity index (χ2v) is 6.04. The van der Waals surface area contributed by atoms with E-state index in [4.69, 9.17) is 4.74 Å². The van der Waals surface area contributed by atoms with E-state index in [-0.39, 0.29) is 0 Å². The van der Waals surface area contributed by atoms with Gasteiger partial charge in [-0.05, 0) is 43.5 Å². The van der Waals surface area contributed by atoms with Crippen LogP contribution in [0.15, 0.2) is 30.3 Å². The SMILES string of the molecule is Cc1cc(CNc2cccc(OCC(C)C)c2)c(C)n1C. The minimum Gasteiger partial charge on any atom is -0.493 e. The summed E-state index contributed by atoms with van der Waals surface area (Å²) in [5.74, 6) is 1.46. The minimum atomic E-state index is 0.538. The fourth-order valence-corrected chi connectivity index (χ4v) is 2.27. The average molecular weight is 286 g/mol. The third-order valence-electron chi connectivity index (χ3n) is 3.78. The molecular formula is C18H26N2O. The zero-order chi connectivity index (χ0) is 15.4. The summed E-state index contributed by atoms with van der Waals surface area (Å²) in [6.45, 7) is 10.2. The molecule has 0 amide bonds. The van der Waals surface area contributed by atoms with Gasteiger partial charge in [-0.15, -0.1) is 0 Å². The molecule has 1 aromatic heterocycles. The summed E-state index contributed by atoms with van der Waals surface area (Å²) in [5.41, 5.74) is 5.03. The Morgan fingerprint density at radius 3 is 2.57 bits per heavy atom. The molecule has 0 unspecified atom stereocenters. The van der Waals surface area contributed by atoms with Crippen molar-refractivity contribution in [3.63, 3.8) is 0 Å². The van der Waals surface area contributed by atoms with E-state index in [1.807, 2.05) is 12.1 Å². The van der Waals surface area contributed by atoms with Crippen molar-refractivity contribution in [2.24, 2.45) is 13.0 Å². The summed E-state index contributed by atoms with van der Waals surface area (Å²) in [5, 5.41) is 3.48. The van der Waals surface area contributed by atoms with E-state index < -0.39 is 0 Å². The summed E-state index contributed by atoms with van der Waals surface area (Å²) >= 11 is 0. The van der Waals surface area contributed by atoms with Crippen LogP contribution in [-0.2, 0) is 13.6 Å². The monoisotopic (exact) mass is 286 g/mol. The van der Waals surface area contributed by atoms with Gasteiger partial charge in [0.25, 0.3) is 0 Å². The Kier molecular flexibility index (Phi) is 4.94. The number of ether oxygens (including phenoxy) is 1. The Bertz CT molecular complexity index is 599. The quantitative estimate of drug-likeness (QED) is 0.857. The molecule has 0 aliphatic heterocycles. The predicted octanol–water partition coefficient (Wildman–Crippen LogP) is 4.29. The summed E-state index contributed by atoms with van der Waals surface area (Å²) in [6.07, 6.45) is 0. The largest absolute Gasteiger partial charge is 0.493 e. The van der Waals surface area contributed by atoms with Gasteiger partial charge >= 0.3 is 0 Å². The molecule has 2 aromatic rings. The summed E-state index contributed by atoms with van der Waals surface area (Å²) in [6, 6.07) is 10.4. The number of anilines is 1. The number of benzene rings is 1. The molecule has 0 atom stereocenters. The van der Waals surface area contributed by atoms with Crippen molar-refractivity contribution in [3.8, 4) is 5.75 Å². The highest BCUT2D eigenvalue weighted by atomic mass is 16.5. The highest BCUT2D eigenvalue weighted by Gasteiger charge is 2.06. The number of rotatable bonds is 6. The van der Waals surface area contributed by atoms with E-state index in [9.17, 15) is 0 Å². The van der Waals surface area contributed by atoms with Gasteiger partial charge in [-0.1, -0.05) is 19.9 Å². The molecule has 114 valence electrons. The molecule has 0 fully saturated rings. The van der Waals surface area contributed by atoms with Crippen LogP contribution in [0.4, 0.5) is 5.69 Å². The van der Waals surface area contributed by atoms with Gasteiger partial charge in [-0.2, -0.15) is 0 Å². The van der Waals surface area contributed by atoms with Crippen molar-refractivity contribution in [2.75, 3.05) is 11.9 Å². The number of aromatic nitrogens is 1. The second-order valence-electron chi connectivity index (χ2n) is 6.04. The molecule has 0 saturated heterocycles. The molecule has 0 radical (unpaired) electrons. The smallest absolute Gasteiger partial charge is 0.121 e. The highest BCUT2D eigenvalue weighted by Crippen LogP contribution is 2.20. The number of aryl methyl sites for hydroxylation is 1. The van der Waals surface area contributed by atoms with Crippen molar-refractivity contribution in [3.05, 3.63) is 47.3 Å². The van der Waals surface area contributed by atoms with Crippen LogP contribution in [0.25, 0.3) is 0 Å². The standard InChI is InChI=1S/C18H26N2O/c1-13(2)12-21-18-8-6-7-17(10-18)19-11-16-9-14(3)20(5)15(16)4/h6-10,13,19H,11-12H2,1-5H3. The van der Waals surface area contributed by atoms with Crippen molar-refractivity contribution < 1.29 is 4.74 Å². The number of hydrogen-bond donors (Lipinski definition) is 1. The lowest BCUT2D eigenvalue weighted by molar-refractivity contribution is 0.271. The Labute approximate surface area is 127 Å². The van der Waals surface area contributed by atoms with E-state index >= 15 is 0 Å². The molecule has 3 nitrogen and oxygen atoms in total. The molecule has 0 saturated carbocycles. The first-order chi connectivity index (χ1) is 9.97. The second kappa shape index (κ2) is 6.70. The molecule has 3 heteroatoms. The maximum atomic E-state index is 5.76. The molecule has 0 spiro atoms. The Morgan fingerprint density at radius 2 is 1.95 bits per heavy atom. The Balaban J connectivity index is 1.99. The lowest BCUT2D eigenvalue weighted by Crippen LogP contribution is -2.05. The zero-order valence-corrected chi connectivity index (χ0v) is 13.7. The number of nitrogens with zero attached hydrogens (tertiary/aromatic N) is 1. The first-order valence-corrected chi connectivity index (χ1v) is 7.56. The van der Waals surface area contributed by atoms with Gasteiger partial charge < -0.3 is 14.6 Å². The summed E-state index contributed by atoms with van der Waals surface area (Å²) < 4.78 is 7.98. The normalized spacial score (nSPS) is 11.0. The van der Waals surface area contributed by atoms with Crippen LogP contribution in [0.5, 0.6) is 5.75 Å². The van der Waals surface area contributed by atoms with Gasteiger partial charge in [0, 0.05) is 36.7 Å². The van der Waals surface area contributed by atoms with Crippen LogP contribution in [-0.4, -0.2) is 11.2 Å². The summed E-state index contributed by atoms with van der Waals surface area (Å²) in [4.78, 5) is 0. The topological polar surface area (TPSA) is 26.2 Å². The molecule has 21 heavy (non-hydrogen) atoms. The van der Waals surface area contributed by atoms with Gasteiger partial charge in [0.1, 0.15) is 5.75 Å². The maximum absolute atomic E-state index is 5.76. The van der Waals surface area contributed by atoms with Crippen molar-refractivity contribution in [1.29, 1.82) is 0 Å². The third-order valence-corrected chi connectivity index (χ3v) is 3.78. The molecular weight excluding hydrogens is 260 g/mol. The van der Waals surface area contributed by atoms with Crippen LogP contribution in [0.2, 0.25) is 0 Å². The molecule has 0 aliphatic carbocycles. The van der Waals surface area contributed by atoms with E-state index in [1.165, 1.54) is 17.0 Å². The summed E-state index contributed by atoms with van der Waals surface area (Å²) in [7, 11) is 2.11. The third kappa shape index (κ3) is 4.03. The molecule has 1 aromatic carbocycles. The van der Waals surface area contributed by atoms with Crippen molar-refractivity contribution in [2.45, 2.75) is 34.2 Å². The fraction of sp³-hybridized carbons (Fsp3) is 0.444. The van der Waals surface area contributed by atoms with Gasteiger partial charge in [-0.3, -0.25) is 0 Å². The predicted molar refractivity (Wildman–Crippen MR) is 89.0 cm³/mol. The van der Waals surface area contributed by atoms with Crippen LogP contribution in [0.1, 0.15) is 30.8 Å². The number of nitrogens with one attached hydrogen (secondary N) is 1. The fourth-order valence-electron chi connectivity index (χ4n) is 2.27. The van der Waals surface area contributed by atoms with Crippen LogP contribution in [0.3, 0.4) is 0 Å². The van der Waals surface area contributed by atoms with E-state index in [2.05, 4.69) is 62.8 Å². The van der Waals surface area contributed by atoms with Crippen molar-refractivity contribution in [1.82, 2.24) is 4.57 Å². The van der Waals surface area contributed by atoms with Gasteiger partial charge in [0.2, 0.25) is 0 Å². The Hall–Kier alpha value is -1.90. The molecule has 0 aliphatic rings. The Morgan fingerprint density at radius 1 is 1.19 bits per heavy atom. The number of hydrogen-bond acceptors (Lipinski definition) is 2. The average Bonchev–Trinajstić information content (AvgIpc) is 2.71. The zero-order valence-electron chi connectivity index (χ0n) is 13.7. The van der Waals surface area contributed by atoms with Crippen LogP contribution >= 0.6 is 0 Å². The lowest BCUT2D eigenvalue weighted by Gasteiger charge is -2.11. The van der Waals surface area contributed by atoms with Gasteiger partial charge in [0.05, 0.1) is 6.61 Å². The lowest BCUT2D eigenvalue weighted by atomic mass is 10.2. The van der Waals surface area contributed by atoms with Crippen molar-refractivity contribution >= 4 is 5.69 Å². The van der Waals surface area contributed by atoms with Gasteiger partial charge in [0.15, 0.2) is 0 Å². The molecule has 2 rings (SSSR count). The molecule has 1 heterocycles. The van der Waals surface area contributed by atoms with Crippen LogP contribution < -0.4 is 10.1 Å². The molecule has 1 N–H and O–H groups in total. The minimum absolute atomic E-state index is 0.538.